The van der Waals surface area contributed by atoms with Gasteiger partial charge in [-0.15, -0.1) is 11.6 Å². The van der Waals surface area contributed by atoms with E-state index in [-0.39, 0.29) is 12.6 Å². The van der Waals surface area contributed by atoms with Crippen molar-refractivity contribution in [1.82, 2.24) is 4.90 Å². The van der Waals surface area contributed by atoms with Crippen LogP contribution in [-0.4, -0.2) is 54.8 Å². The molecule has 1 atom stereocenters. The molecule has 1 fully saturated rings. The maximum atomic E-state index is 9.12. The second-order valence-electron chi connectivity index (χ2n) is 3.70. The van der Waals surface area contributed by atoms with E-state index in [1.807, 2.05) is 0 Å². The van der Waals surface area contributed by atoms with E-state index < -0.39 is 0 Å². The first-order valence-electron chi connectivity index (χ1n) is 5.37. The third-order valence-electron chi connectivity index (χ3n) is 2.64. The number of nitrogens with zero attached hydrogens (tertiary/aromatic N) is 1. The molecule has 1 heterocycles. The lowest BCUT2D eigenvalue weighted by molar-refractivity contribution is -0.0278. The van der Waals surface area contributed by atoms with Crippen LogP contribution in [0.4, 0.5) is 0 Å². The molecule has 3 nitrogen and oxygen atoms in total. The summed E-state index contributed by atoms with van der Waals surface area (Å²) in [6.45, 7) is 3.69. The molecule has 1 N–H and O–H groups in total. The summed E-state index contributed by atoms with van der Waals surface area (Å²) in [6.07, 6.45) is 3.44. The first kappa shape index (κ1) is 12.2. The number of hydrogen-bond donors (Lipinski definition) is 1. The summed E-state index contributed by atoms with van der Waals surface area (Å²) in [6, 6.07) is 0.208. The van der Waals surface area contributed by atoms with E-state index in [9.17, 15) is 0 Å². The summed E-state index contributed by atoms with van der Waals surface area (Å²) in [5, 5.41) is 9.12. The highest BCUT2D eigenvalue weighted by atomic mass is 35.5. The van der Waals surface area contributed by atoms with Crippen molar-refractivity contribution in [2.75, 3.05) is 38.8 Å². The molecule has 1 unspecified atom stereocenters. The predicted molar refractivity (Wildman–Crippen MR) is 57.8 cm³/mol. The minimum atomic E-state index is 0.204. The average molecular weight is 222 g/mol. The Morgan fingerprint density at radius 3 is 2.93 bits per heavy atom. The largest absolute Gasteiger partial charge is 0.395 e. The predicted octanol–water partition coefficient (Wildman–Crippen LogP) is 1.09. The number of halogens is 1. The molecule has 4 heteroatoms. The van der Waals surface area contributed by atoms with Gasteiger partial charge in [-0.1, -0.05) is 6.42 Å². The molecule has 0 radical (unpaired) electrons. The molecule has 0 saturated carbocycles. The highest BCUT2D eigenvalue weighted by molar-refractivity contribution is 6.17. The Labute approximate surface area is 91.0 Å². The third-order valence-corrected chi connectivity index (χ3v) is 2.91. The Balaban J connectivity index is 2.13. The summed E-state index contributed by atoms with van der Waals surface area (Å²) in [4.78, 5) is 2.32. The van der Waals surface area contributed by atoms with Gasteiger partial charge in [-0.3, -0.25) is 4.90 Å². The second-order valence-corrected chi connectivity index (χ2v) is 4.07. The van der Waals surface area contributed by atoms with Crippen molar-refractivity contribution < 1.29 is 9.84 Å². The average Bonchev–Trinajstić information content (AvgIpc) is 2.25. The Bertz CT molecular complexity index is 146. The van der Waals surface area contributed by atoms with Gasteiger partial charge in [0, 0.05) is 12.4 Å². The zero-order chi connectivity index (χ0) is 10.2. The lowest BCUT2D eigenvalue weighted by atomic mass is 10.2. The molecule has 1 aliphatic rings. The molecule has 0 aromatic carbocycles. The minimum absolute atomic E-state index is 0.204. The third kappa shape index (κ3) is 4.13. The van der Waals surface area contributed by atoms with Gasteiger partial charge in [0.2, 0.25) is 0 Å². The molecule has 0 spiro atoms. The van der Waals surface area contributed by atoms with Gasteiger partial charge < -0.3 is 9.84 Å². The monoisotopic (exact) mass is 221 g/mol. The number of rotatable bonds is 6. The number of unbranched alkanes of at least 4 members (excludes halogenated alkanes) is 2. The van der Waals surface area contributed by atoms with Gasteiger partial charge >= 0.3 is 0 Å². The fraction of sp³-hybridized carbons (Fsp3) is 1.00. The molecule has 0 amide bonds. The standard InChI is InChI=1S/C10H20ClNO2/c11-4-2-1-3-5-12-6-7-14-9-10(12)8-13/h10,13H,1-9H2. The van der Waals surface area contributed by atoms with Gasteiger partial charge in [0.15, 0.2) is 0 Å². The van der Waals surface area contributed by atoms with E-state index in [0.29, 0.717) is 6.61 Å². The van der Waals surface area contributed by atoms with Crippen molar-refractivity contribution >= 4 is 11.6 Å². The molecule has 1 rings (SSSR count). The van der Waals surface area contributed by atoms with Crippen molar-refractivity contribution in [3.8, 4) is 0 Å². The molecule has 1 saturated heterocycles. The van der Waals surface area contributed by atoms with Gasteiger partial charge in [-0.05, 0) is 19.4 Å². The zero-order valence-electron chi connectivity index (χ0n) is 8.62. The summed E-state index contributed by atoms with van der Waals surface area (Å²) in [7, 11) is 0. The number of morpholine rings is 1. The molecule has 14 heavy (non-hydrogen) atoms. The number of aliphatic hydroxyl groups is 1. The molecule has 0 aromatic rings. The van der Waals surface area contributed by atoms with Crippen molar-refractivity contribution in [2.24, 2.45) is 0 Å². The molecule has 0 aromatic heterocycles. The van der Waals surface area contributed by atoms with Crippen LogP contribution < -0.4 is 0 Å². The maximum absolute atomic E-state index is 9.12. The maximum Gasteiger partial charge on any atom is 0.0644 e. The topological polar surface area (TPSA) is 32.7 Å². The van der Waals surface area contributed by atoms with Crippen LogP contribution in [0.5, 0.6) is 0 Å². The van der Waals surface area contributed by atoms with Crippen LogP contribution >= 0.6 is 11.6 Å². The van der Waals surface area contributed by atoms with Crippen LogP contribution in [0.1, 0.15) is 19.3 Å². The highest BCUT2D eigenvalue weighted by Gasteiger charge is 2.21. The van der Waals surface area contributed by atoms with Crippen molar-refractivity contribution in [3.05, 3.63) is 0 Å². The van der Waals surface area contributed by atoms with Crippen LogP contribution in [0.25, 0.3) is 0 Å². The van der Waals surface area contributed by atoms with E-state index in [0.717, 1.165) is 32.0 Å². The van der Waals surface area contributed by atoms with Gasteiger partial charge in [-0.25, -0.2) is 0 Å². The fourth-order valence-electron chi connectivity index (χ4n) is 1.74. The summed E-state index contributed by atoms with van der Waals surface area (Å²) in [5.74, 6) is 0.756. The Morgan fingerprint density at radius 2 is 2.21 bits per heavy atom. The molecule has 0 bridgehead atoms. The molecular formula is C10H20ClNO2. The van der Waals surface area contributed by atoms with Gasteiger partial charge in [-0.2, -0.15) is 0 Å². The second kappa shape index (κ2) is 7.46. The van der Waals surface area contributed by atoms with Crippen molar-refractivity contribution in [2.45, 2.75) is 25.3 Å². The Kier molecular flexibility index (Phi) is 6.52. The van der Waals surface area contributed by atoms with Crippen LogP contribution in [0.3, 0.4) is 0 Å². The highest BCUT2D eigenvalue weighted by Crippen LogP contribution is 2.08. The summed E-state index contributed by atoms with van der Waals surface area (Å²) >= 11 is 5.61. The smallest absolute Gasteiger partial charge is 0.0644 e. The molecular weight excluding hydrogens is 202 g/mol. The van der Waals surface area contributed by atoms with Crippen LogP contribution in [0, 0.1) is 0 Å². The minimum Gasteiger partial charge on any atom is -0.395 e. The number of alkyl halides is 1. The lowest BCUT2D eigenvalue weighted by Crippen LogP contribution is -2.47. The quantitative estimate of drug-likeness (QED) is 0.539. The van der Waals surface area contributed by atoms with Gasteiger partial charge in [0.25, 0.3) is 0 Å². The zero-order valence-corrected chi connectivity index (χ0v) is 9.38. The van der Waals surface area contributed by atoms with E-state index in [4.69, 9.17) is 21.4 Å². The molecule has 1 aliphatic heterocycles. The Morgan fingerprint density at radius 1 is 1.36 bits per heavy atom. The van der Waals surface area contributed by atoms with Crippen LogP contribution in [-0.2, 0) is 4.74 Å². The van der Waals surface area contributed by atoms with E-state index in [2.05, 4.69) is 4.90 Å². The van der Waals surface area contributed by atoms with Crippen molar-refractivity contribution in [1.29, 1.82) is 0 Å². The van der Waals surface area contributed by atoms with Crippen LogP contribution in [0.15, 0.2) is 0 Å². The van der Waals surface area contributed by atoms with E-state index in [1.54, 1.807) is 0 Å². The van der Waals surface area contributed by atoms with Gasteiger partial charge in [0.1, 0.15) is 0 Å². The van der Waals surface area contributed by atoms with Crippen LogP contribution in [0.2, 0.25) is 0 Å². The summed E-state index contributed by atoms with van der Waals surface area (Å²) < 4.78 is 5.31. The molecule has 0 aliphatic carbocycles. The number of aliphatic hydroxyl groups excluding tert-OH is 1. The lowest BCUT2D eigenvalue weighted by Gasteiger charge is -2.34. The molecule has 84 valence electrons. The number of ether oxygens (including phenoxy) is 1. The first-order valence-corrected chi connectivity index (χ1v) is 5.90. The first-order chi connectivity index (χ1) is 6.88. The van der Waals surface area contributed by atoms with Gasteiger partial charge in [0.05, 0.1) is 25.9 Å². The van der Waals surface area contributed by atoms with Crippen molar-refractivity contribution in [3.63, 3.8) is 0 Å². The number of hydrogen-bond acceptors (Lipinski definition) is 3. The van der Waals surface area contributed by atoms with E-state index in [1.165, 1.54) is 12.8 Å². The SMILES string of the molecule is OCC1COCCN1CCCCCCl. The fourth-order valence-corrected chi connectivity index (χ4v) is 1.93. The van der Waals surface area contributed by atoms with E-state index >= 15 is 0 Å². The Hall–Kier alpha value is 0.170. The normalized spacial score (nSPS) is 24.0. The summed E-state index contributed by atoms with van der Waals surface area (Å²) in [5.41, 5.74) is 0.